The quantitative estimate of drug-likeness (QED) is 0.366. The highest BCUT2D eigenvalue weighted by Gasteiger charge is 2.14. The maximum Gasteiger partial charge on any atom is 0.306 e. The number of ether oxygens (including phenoxy) is 1. The van der Waals surface area contributed by atoms with E-state index in [1.54, 1.807) is 14.0 Å². The fraction of sp³-hybridized carbons (Fsp3) is 0.800. The van der Waals surface area contributed by atoms with E-state index in [-0.39, 0.29) is 17.8 Å². The lowest BCUT2D eigenvalue weighted by Crippen LogP contribution is -2.36. The van der Waals surface area contributed by atoms with Gasteiger partial charge in [-0.3, -0.25) is 9.59 Å². The number of thiol groups is 1. The smallest absolute Gasteiger partial charge is 0.306 e. The Kier molecular flexibility index (Phi) is 9.86. The lowest BCUT2D eigenvalue weighted by molar-refractivity contribution is -0.142. The minimum Gasteiger partial charge on any atom is -0.466 e. The Bertz CT molecular complexity index is 220. The summed E-state index contributed by atoms with van der Waals surface area (Å²) < 4.78 is 4.78. The number of nitrogens with one attached hydrogen (secondary N) is 1. The molecule has 0 rings (SSSR count). The Morgan fingerprint density at radius 2 is 2.19 bits per heavy atom. The minimum absolute atomic E-state index is 0.117. The van der Waals surface area contributed by atoms with Crippen molar-refractivity contribution in [2.75, 3.05) is 30.9 Å². The second kappa shape index (κ2) is 9.99. The summed E-state index contributed by atoms with van der Waals surface area (Å²) in [5.41, 5.74) is 0. The first-order valence-electron chi connectivity index (χ1n) is 5.19. The fourth-order valence-corrected chi connectivity index (χ4v) is 2.26. The van der Waals surface area contributed by atoms with Crippen molar-refractivity contribution in [3.8, 4) is 0 Å². The second-order valence-electron chi connectivity index (χ2n) is 3.10. The van der Waals surface area contributed by atoms with Crippen molar-refractivity contribution in [3.05, 3.63) is 0 Å². The average molecular weight is 265 g/mol. The van der Waals surface area contributed by atoms with Gasteiger partial charge in [0, 0.05) is 11.5 Å². The zero-order valence-electron chi connectivity index (χ0n) is 9.69. The van der Waals surface area contributed by atoms with Gasteiger partial charge in [0.1, 0.15) is 0 Å². The standard InChI is InChI=1S/C10H19NO3S2/c1-3-14-10(13)4-5-16-7-9(12)8(6-15)11-2/h8,11,15H,3-7H2,1-2H3/t8-/m0/s1. The van der Waals surface area contributed by atoms with Crippen LogP contribution >= 0.6 is 24.4 Å². The van der Waals surface area contributed by atoms with Gasteiger partial charge in [0.25, 0.3) is 0 Å². The molecule has 0 saturated carbocycles. The molecule has 0 aromatic rings. The van der Waals surface area contributed by atoms with Crippen LogP contribution in [0.15, 0.2) is 0 Å². The van der Waals surface area contributed by atoms with Crippen molar-refractivity contribution in [3.63, 3.8) is 0 Å². The highest BCUT2D eigenvalue weighted by atomic mass is 32.2. The number of likely N-dealkylation sites (N-methyl/N-ethyl adjacent to an activating group) is 1. The van der Waals surface area contributed by atoms with Gasteiger partial charge in [0.05, 0.1) is 24.8 Å². The zero-order valence-corrected chi connectivity index (χ0v) is 11.4. The summed E-state index contributed by atoms with van der Waals surface area (Å²) in [4.78, 5) is 22.5. The van der Waals surface area contributed by atoms with Crippen molar-refractivity contribution in [1.82, 2.24) is 5.32 Å². The third-order valence-electron chi connectivity index (χ3n) is 1.92. The molecule has 94 valence electrons. The van der Waals surface area contributed by atoms with Crippen molar-refractivity contribution in [2.24, 2.45) is 0 Å². The van der Waals surface area contributed by atoms with Crippen LogP contribution in [0, 0.1) is 0 Å². The minimum atomic E-state index is -0.207. The van der Waals surface area contributed by atoms with Crippen LogP contribution in [0.3, 0.4) is 0 Å². The first-order valence-corrected chi connectivity index (χ1v) is 6.98. The molecule has 4 nitrogen and oxygen atoms in total. The second-order valence-corrected chi connectivity index (χ2v) is 4.57. The molecule has 6 heteroatoms. The number of rotatable bonds is 9. The summed E-state index contributed by atoms with van der Waals surface area (Å²) in [5.74, 6) is 1.43. The monoisotopic (exact) mass is 265 g/mol. The van der Waals surface area contributed by atoms with Crippen LogP contribution in [0.4, 0.5) is 0 Å². The van der Waals surface area contributed by atoms with Gasteiger partial charge in [0.2, 0.25) is 0 Å². The molecule has 0 fully saturated rings. The third-order valence-corrected chi connectivity index (χ3v) is 3.27. The molecule has 0 bridgehead atoms. The Balaban J connectivity index is 3.58. The van der Waals surface area contributed by atoms with E-state index in [2.05, 4.69) is 17.9 Å². The van der Waals surface area contributed by atoms with E-state index < -0.39 is 0 Å². The molecule has 0 aromatic heterocycles. The summed E-state index contributed by atoms with van der Waals surface area (Å²) >= 11 is 5.52. The largest absolute Gasteiger partial charge is 0.466 e. The van der Waals surface area contributed by atoms with Gasteiger partial charge in [0.15, 0.2) is 5.78 Å². The van der Waals surface area contributed by atoms with Gasteiger partial charge in [-0.05, 0) is 14.0 Å². The van der Waals surface area contributed by atoms with E-state index in [1.165, 1.54) is 11.8 Å². The van der Waals surface area contributed by atoms with Gasteiger partial charge >= 0.3 is 5.97 Å². The molecule has 0 amide bonds. The molecule has 0 aliphatic rings. The molecule has 0 heterocycles. The Morgan fingerprint density at radius 3 is 2.69 bits per heavy atom. The number of carbonyl (C=O) groups is 2. The van der Waals surface area contributed by atoms with Crippen LogP contribution in [-0.2, 0) is 14.3 Å². The predicted molar refractivity (Wildman–Crippen MR) is 70.3 cm³/mol. The highest BCUT2D eigenvalue weighted by molar-refractivity contribution is 7.99. The van der Waals surface area contributed by atoms with Gasteiger partial charge in [-0.15, -0.1) is 0 Å². The summed E-state index contributed by atoms with van der Waals surface area (Å²) in [7, 11) is 1.74. The van der Waals surface area contributed by atoms with E-state index in [0.717, 1.165) is 0 Å². The SMILES string of the molecule is CCOC(=O)CCSCC(=O)[C@H](CS)NC. The topological polar surface area (TPSA) is 55.4 Å². The van der Waals surface area contributed by atoms with Crippen molar-refractivity contribution < 1.29 is 14.3 Å². The fourth-order valence-electron chi connectivity index (χ4n) is 1.02. The summed E-state index contributed by atoms with van der Waals surface area (Å²) in [5, 5.41) is 2.89. The van der Waals surface area contributed by atoms with Gasteiger partial charge in [-0.25, -0.2) is 0 Å². The Labute approximate surface area is 106 Å². The van der Waals surface area contributed by atoms with E-state index in [0.29, 0.717) is 30.3 Å². The lowest BCUT2D eigenvalue weighted by Gasteiger charge is -2.11. The van der Waals surface area contributed by atoms with Crippen molar-refractivity contribution >= 4 is 36.1 Å². The maximum absolute atomic E-state index is 11.5. The van der Waals surface area contributed by atoms with E-state index in [4.69, 9.17) is 4.74 Å². The normalized spacial score (nSPS) is 12.2. The zero-order chi connectivity index (χ0) is 12.4. The highest BCUT2D eigenvalue weighted by Crippen LogP contribution is 2.05. The van der Waals surface area contributed by atoms with Crippen LogP contribution in [0.2, 0.25) is 0 Å². The predicted octanol–water partition coefficient (Wildman–Crippen LogP) is 0.760. The molecule has 1 N–H and O–H groups in total. The number of thioether (sulfide) groups is 1. The molecular formula is C10H19NO3S2. The molecule has 0 saturated heterocycles. The van der Waals surface area contributed by atoms with Crippen LogP contribution in [0.25, 0.3) is 0 Å². The van der Waals surface area contributed by atoms with Crippen LogP contribution in [0.5, 0.6) is 0 Å². The molecule has 1 atom stereocenters. The van der Waals surface area contributed by atoms with Crippen LogP contribution < -0.4 is 5.32 Å². The maximum atomic E-state index is 11.5. The lowest BCUT2D eigenvalue weighted by atomic mass is 10.2. The molecule has 0 aromatic carbocycles. The number of hydrogen-bond donors (Lipinski definition) is 2. The third kappa shape index (κ3) is 7.14. The van der Waals surface area contributed by atoms with E-state index >= 15 is 0 Å². The molecule has 0 aliphatic carbocycles. The Hall–Kier alpha value is -0.200. The Morgan fingerprint density at radius 1 is 1.50 bits per heavy atom. The summed E-state index contributed by atoms with van der Waals surface area (Å²) in [6.45, 7) is 2.18. The van der Waals surface area contributed by atoms with Crippen molar-refractivity contribution in [1.29, 1.82) is 0 Å². The average Bonchev–Trinajstić information content (AvgIpc) is 2.26. The number of esters is 1. The van der Waals surface area contributed by atoms with Gasteiger partial charge in [-0.2, -0.15) is 24.4 Å². The number of ketones is 1. The summed E-state index contributed by atoms with van der Waals surface area (Å²) in [6, 6.07) is -0.196. The van der Waals surface area contributed by atoms with Crippen molar-refractivity contribution in [2.45, 2.75) is 19.4 Å². The van der Waals surface area contributed by atoms with E-state index in [9.17, 15) is 9.59 Å². The van der Waals surface area contributed by atoms with Crippen LogP contribution in [0.1, 0.15) is 13.3 Å². The molecule has 16 heavy (non-hydrogen) atoms. The van der Waals surface area contributed by atoms with Crippen LogP contribution in [-0.4, -0.2) is 48.7 Å². The summed E-state index contributed by atoms with van der Waals surface area (Å²) in [6.07, 6.45) is 0.358. The van der Waals surface area contributed by atoms with E-state index in [1.807, 2.05) is 0 Å². The molecule has 0 radical (unpaired) electrons. The molecule has 0 unspecified atom stereocenters. The molecular weight excluding hydrogens is 246 g/mol. The van der Waals surface area contributed by atoms with Gasteiger partial charge < -0.3 is 10.1 Å². The first kappa shape index (κ1) is 15.8. The van der Waals surface area contributed by atoms with Gasteiger partial charge in [-0.1, -0.05) is 0 Å². The number of Topliss-reactive ketones (excluding diaryl/α,β-unsaturated/α-hetero) is 1. The first-order chi connectivity index (χ1) is 7.65. The number of carbonyl (C=O) groups excluding carboxylic acids is 2. The molecule has 0 spiro atoms. The number of hydrogen-bond acceptors (Lipinski definition) is 6. The molecule has 0 aliphatic heterocycles.